The van der Waals surface area contributed by atoms with Gasteiger partial charge in [-0.15, -0.1) is 0 Å². The number of carbonyl (C=O) groups excluding carboxylic acids is 2. The molecule has 0 spiro atoms. The Kier molecular flexibility index (Phi) is 5.85. The van der Waals surface area contributed by atoms with Crippen LogP contribution < -0.4 is 15.5 Å². The number of aryl methyl sites for hydroxylation is 1. The van der Waals surface area contributed by atoms with E-state index in [0.29, 0.717) is 12.3 Å². The number of nitrogens with one attached hydrogen (secondary N) is 2. The van der Waals surface area contributed by atoms with Crippen LogP contribution in [-0.2, 0) is 4.84 Å². The summed E-state index contributed by atoms with van der Waals surface area (Å²) >= 11 is 0. The van der Waals surface area contributed by atoms with Crippen molar-refractivity contribution in [1.29, 1.82) is 0 Å². The first-order valence-electron chi connectivity index (χ1n) is 6.04. The predicted molar refractivity (Wildman–Crippen MR) is 70.1 cm³/mol. The van der Waals surface area contributed by atoms with Crippen molar-refractivity contribution >= 4 is 11.9 Å². The third-order valence-electron chi connectivity index (χ3n) is 2.08. The number of carbonyl (C=O) groups is 2. The first-order valence-corrected chi connectivity index (χ1v) is 6.04. The highest BCUT2D eigenvalue weighted by Crippen LogP contribution is 2.11. The van der Waals surface area contributed by atoms with Crippen LogP contribution in [0.5, 0.6) is 5.88 Å². The van der Waals surface area contributed by atoms with Crippen LogP contribution in [0.3, 0.4) is 0 Å². The number of imide groups is 1. The number of rotatable bonds is 5. The van der Waals surface area contributed by atoms with Gasteiger partial charge in [0.05, 0.1) is 19.4 Å². The smallest absolute Gasteiger partial charge is 0.345 e. The summed E-state index contributed by atoms with van der Waals surface area (Å²) in [5.74, 6) is -0.410. The number of nitrogens with zero attached hydrogens (tertiary/aromatic N) is 2. The van der Waals surface area contributed by atoms with Gasteiger partial charge in [0.15, 0.2) is 5.69 Å². The van der Waals surface area contributed by atoms with Gasteiger partial charge >= 0.3 is 6.03 Å². The van der Waals surface area contributed by atoms with E-state index in [9.17, 15) is 9.59 Å². The van der Waals surface area contributed by atoms with E-state index in [1.807, 2.05) is 13.8 Å². The molecule has 0 bridgehead atoms. The van der Waals surface area contributed by atoms with Gasteiger partial charge in [-0.25, -0.2) is 20.2 Å². The molecule has 8 nitrogen and oxygen atoms in total. The van der Waals surface area contributed by atoms with Crippen LogP contribution in [0.2, 0.25) is 0 Å². The number of urea groups is 1. The fourth-order valence-corrected chi connectivity index (χ4v) is 1.21. The molecule has 8 heteroatoms. The maximum Gasteiger partial charge on any atom is 0.345 e. The van der Waals surface area contributed by atoms with Crippen molar-refractivity contribution < 1.29 is 19.2 Å². The van der Waals surface area contributed by atoms with E-state index < -0.39 is 11.9 Å². The fraction of sp³-hybridized carbons (Fsp3) is 0.500. The van der Waals surface area contributed by atoms with E-state index in [1.165, 1.54) is 13.3 Å². The molecule has 0 saturated heterocycles. The number of aromatic nitrogens is 2. The third kappa shape index (κ3) is 4.81. The Labute approximate surface area is 116 Å². The maximum atomic E-state index is 11.8. The highest BCUT2D eigenvalue weighted by Gasteiger charge is 2.18. The molecule has 1 rings (SSSR count). The normalized spacial score (nSPS) is 10.2. The largest absolute Gasteiger partial charge is 0.479 e. The summed E-state index contributed by atoms with van der Waals surface area (Å²) in [5.41, 5.74) is 2.63. The fourth-order valence-electron chi connectivity index (χ4n) is 1.21. The zero-order valence-electron chi connectivity index (χ0n) is 11.9. The minimum atomic E-state index is -0.778. The van der Waals surface area contributed by atoms with Crippen LogP contribution in [0.4, 0.5) is 4.79 Å². The van der Waals surface area contributed by atoms with Crippen LogP contribution >= 0.6 is 0 Å². The Balaban J connectivity index is 2.60. The average molecular weight is 282 g/mol. The molecular weight excluding hydrogens is 264 g/mol. The highest BCUT2D eigenvalue weighted by atomic mass is 16.7. The minimum absolute atomic E-state index is 0.0541. The van der Waals surface area contributed by atoms with E-state index in [4.69, 9.17) is 9.57 Å². The van der Waals surface area contributed by atoms with Crippen LogP contribution in [0.1, 0.15) is 30.0 Å². The van der Waals surface area contributed by atoms with Gasteiger partial charge in [0.2, 0.25) is 5.88 Å². The van der Waals surface area contributed by atoms with Gasteiger partial charge in [0.1, 0.15) is 0 Å². The second kappa shape index (κ2) is 7.39. The standard InChI is InChI=1S/C12H18N4O4/c1-7(2)6-20-16-12(18)15-10(17)9-11(19-4)14-8(3)5-13-9/h5,7H,6H2,1-4H3,(H2,15,16,17,18). The molecule has 3 amide bonds. The lowest BCUT2D eigenvalue weighted by molar-refractivity contribution is 0.0434. The summed E-state index contributed by atoms with van der Waals surface area (Å²) in [7, 11) is 1.37. The highest BCUT2D eigenvalue weighted by molar-refractivity contribution is 6.04. The van der Waals surface area contributed by atoms with Gasteiger partial charge in [0.25, 0.3) is 5.91 Å². The summed E-state index contributed by atoms with van der Waals surface area (Å²) in [6, 6.07) is -0.778. The number of hydroxylamine groups is 1. The van der Waals surface area contributed by atoms with Crippen molar-refractivity contribution in [2.45, 2.75) is 20.8 Å². The lowest BCUT2D eigenvalue weighted by Crippen LogP contribution is -2.40. The monoisotopic (exact) mass is 282 g/mol. The molecule has 2 N–H and O–H groups in total. The molecule has 0 fully saturated rings. The van der Waals surface area contributed by atoms with Crippen molar-refractivity contribution in [3.8, 4) is 5.88 Å². The molecule has 110 valence electrons. The van der Waals surface area contributed by atoms with E-state index >= 15 is 0 Å². The number of hydrogen-bond donors (Lipinski definition) is 2. The number of methoxy groups -OCH3 is 1. The zero-order chi connectivity index (χ0) is 15.1. The Bertz CT molecular complexity index is 490. The maximum absolute atomic E-state index is 11.8. The van der Waals surface area contributed by atoms with Crippen LogP contribution in [0.15, 0.2) is 6.20 Å². The molecule has 0 aliphatic heterocycles. The first kappa shape index (κ1) is 15.8. The van der Waals surface area contributed by atoms with Crippen LogP contribution in [0.25, 0.3) is 0 Å². The molecule has 1 aromatic heterocycles. The van der Waals surface area contributed by atoms with Crippen molar-refractivity contribution in [3.63, 3.8) is 0 Å². The van der Waals surface area contributed by atoms with Gasteiger partial charge < -0.3 is 4.74 Å². The predicted octanol–water partition coefficient (Wildman–Crippen LogP) is 0.821. The van der Waals surface area contributed by atoms with E-state index in [0.717, 1.165) is 0 Å². The van der Waals surface area contributed by atoms with E-state index in [-0.39, 0.29) is 17.5 Å². The number of ether oxygens (including phenoxy) is 1. The van der Waals surface area contributed by atoms with E-state index in [1.54, 1.807) is 6.92 Å². The molecule has 1 heterocycles. The molecule has 0 unspecified atom stereocenters. The summed E-state index contributed by atoms with van der Waals surface area (Å²) in [6.45, 7) is 5.91. The van der Waals surface area contributed by atoms with Crippen LogP contribution in [0, 0.1) is 12.8 Å². The van der Waals surface area contributed by atoms with Crippen LogP contribution in [-0.4, -0.2) is 35.6 Å². The molecule has 0 aromatic carbocycles. The Morgan fingerprint density at radius 2 is 2.10 bits per heavy atom. The molecule has 1 aromatic rings. The average Bonchev–Trinajstić information content (AvgIpc) is 2.37. The topological polar surface area (TPSA) is 102 Å². The second-order valence-electron chi connectivity index (χ2n) is 4.46. The second-order valence-corrected chi connectivity index (χ2v) is 4.46. The lowest BCUT2D eigenvalue weighted by Gasteiger charge is -2.09. The first-order chi connectivity index (χ1) is 9.43. The van der Waals surface area contributed by atoms with E-state index in [2.05, 4.69) is 20.8 Å². The Morgan fingerprint density at radius 1 is 1.40 bits per heavy atom. The minimum Gasteiger partial charge on any atom is -0.479 e. The van der Waals surface area contributed by atoms with Crippen molar-refractivity contribution in [1.82, 2.24) is 20.8 Å². The van der Waals surface area contributed by atoms with Gasteiger partial charge in [-0.3, -0.25) is 14.9 Å². The van der Waals surface area contributed by atoms with Gasteiger partial charge in [-0.05, 0) is 12.8 Å². The van der Waals surface area contributed by atoms with Gasteiger partial charge in [-0.1, -0.05) is 13.8 Å². The molecular formula is C12H18N4O4. The SMILES string of the molecule is COc1nc(C)cnc1C(=O)NC(=O)NOCC(C)C. The van der Waals surface area contributed by atoms with Crippen molar-refractivity contribution in [2.75, 3.05) is 13.7 Å². The number of hydrogen-bond acceptors (Lipinski definition) is 6. The zero-order valence-corrected chi connectivity index (χ0v) is 11.9. The summed E-state index contributed by atoms with van der Waals surface area (Å²) in [5, 5.41) is 2.07. The Morgan fingerprint density at radius 3 is 2.70 bits per heavy atom. The number of amides is 3. The molecule has 0 saturated carbocycles. The van der Waals surface area contributed by atoms with Crippen molar-refractivity contribution in [3.05, 3.63) is 17.6 Å². The molecule has 0 atom stereocenters. The molecule has 0 aliphatic carbocycles. The van der Waals surface area contributed by atoms with Gasteiger partial charge in [0, 0.05) is 6.20 Å². The lowest BCUT2D eigenvalue weighted by atomic mass is 10.2. The summed E-state index contributed by atoms with van der Waals surface area (Å²) < 4.78 is 4.94. The molecule has 0 aliphatic rings. The van der Waals surface area contributed by atoms with Crippen molar-refractivity contribution in [2.24, 2.45) is 5.92 Å². The third-order valence-corrected chi connectivity index (χ3v) is 2.08. The van der Waals surface area contributed by atoms with Gasteiger partial charge in [-0.2, -0.15) is 0 Å². The summed E-state index contributed by atoms with van der Waals surface area (Å²) in [4.78, 5) is 36.0. The Hall–Kier alpha value is -2.22. The molecule has 20 heavy (non-hydrogen) atoms. The summed E-state index contributed by atoms with van der Waals surface area (Å²) in [6.07, 6.45) is 1.41. The quantitative estimate of drug-likeness (QED) is 0.775. The molecule has 0 radical (unpaired) electrons.